The van der Waals surface area contributed by atoms with E-state index in [0.717, 1.165) is 88.4 Å². The number of nitrogens with zero attached hydrogens (tertiary/aromatic N) is 2. The molecule has 0 unspecified atom stereocenters. The van der Waals surface area contributed by atoms with E-state index in [9.17, 15) is 24.3 Å². The first kappa shape index (κ1) is 40.1. The van der Waals surface area contributed by atoms with Gasteiger partial charge < -0.3 is 15.4 Å². The van der Waals surface area contributed by atoms with Gasteiger partial charge in [0.1, 0.15) is 11.5 Å². The molecule has 9 nitrogen and oxygen atoms in total. The fourth-order valence-corrected chi connectivity index (χ4v) is 9.13. The molecule has 52 heavy (non-hydrogen) atoms. The summed E-state index contributed by atoms with van der Waals surface area (Å²) in [6, 6.07) is 3.94. The van der Waals surface area contributed by atoms with Crippen molar-refractivity contribution >= 4 is 46.2 Å². The second-order valence-corrected chi connectivity index (χ2v) is 19.6. The van der Waals surface area contributed by atoms with Crippen LogP contribution in [-0.4, -0.2) is 74.3 Å². The van der Waals surface area contributed by atoms with Gasteiger partial charge in [0, 0.05) is 72.8 Å². The maximum atomic E-state index is 12.7. The number of carbonyl (C=O) groups excluding carboxylic acids is 4. The lowest BCUT2D eigenvalue weighted by atomic mass is 9.81. The molecule has 1 aromatic carbocycles. The number of nitrogens with one attached hydrogen (secondary N) is 2. The third-order valence-electron chi connectivity index (χ3n) is 10.8. The van der Waals surface area contributed by atoms with Gasteiger partial charge in [-0.2, -0.15) is 0 Å². The number of carbonyl (C=O) groups is 4. The highest BCUT2D eigenvalue weighted by molar-refractivity contribution is 8.00. The Hall–Kier alpha value is -3.11. The van der Waals surface area contributed by atoms with Gasteiger partial charge in [-0.25, -0.2) is 0 Å². The number of amides is 3. The van der Waals surface area contributed by atoms with Crippen LogP contribution in [0.3, 0.4) is 0 Å². The zero-order chi connectivity index (χ0) is 37.6. The topological polar surface area (TPSA) is 123 Å². The molecule has 3 aliphatic rings. The summed E-state index contributed by atoms with van der Waals surface area (Å²) in [4.78, 5) is 56.6. The minimum atomic E-state index is -0.234. The van der Waals surface area contributed by atoms with Crippen LogP contribution in [0.4, 0.5) is 0 Å². The van der Waals surface area contributed by atoms with Crippen LogP contribution in [-0.2, 0) is 32.1 Å². The molecule has 2 fully saturated rings. The third kappa shape index (κ3) is 11.2. The smallest absolute Gasteiger partial charge is 0.253 e. The maximum absolute atomic E-state index is 12.7. The highest BCUT2D eigenvalue weighted by atomic mass is 32.2. The van der Waals surface area contributed by atoms with Gasteiger partial charge in [0.2, 0.25) is 5.91 Å². The zero-order valence-electron chi connectivity index (χ0n) is 32.4. The lowest BCUT2D eigenvalue weighted by Gasteiger charge is -2.30. The van der Waals surface area contributed by atoms with Crippen molar-refractivity contribution in [3.05, 3.63) is 35.4 Å². The second kappa shape index (κ2) is 17.4. The molecule has 286 valence electrons. The van der Waals surface area contributed by atoms with Crippen molar-refractivity contribution in [2.24, 2.45) is 23.2 Å². The fraction of sp³-hybridized carbons (Fsp3) is 0.667. The number of ketones is 1. The first-order valence-corrected chi connectivity index (χ1v) is 20.5. The van der Waals surface area contributed by atoms with Gasteiger partial charge in [-0.3, -0.25) is 29.0 Å². The molecule has 0 radical (unpaired) electrons. The predicted molar refractivity (Wildman–Crippen MR) is 209 cm³/mol. The van der Waals surface area contributed by atoms with E-state index in [1.807, 2.05) is 17.8 Å². The summed E-state index contributed by atoms with van der Waals surface area (Å²) in [5.41, 5.74) is 3.50. The molecule has 1 aliphatic carbocycles. The van der Waals surface area contributed by atoms with E-state index in [0.29, 0.717) is 49.9 Å². The number of hydrogen-bond donors (Lipinski definition) is 3. The molecule has 2 aromatic rings. The van der Waals surface area contributed by atoms with E-state index in [4.69, 9.17) is 0 Å². The van der Waals surface area contributed by atoms with E-state index in [1.165, 1.54) is 33.0 Å². The molecule has 2 aliphatic heterocycles. The van der Waals surface area contributed by atoms with E-state index in [-0.39, 0.29) is 39.7 Å². The number of imide groups is 1. The van der Waals surface area contributed by atoms with Gasteiger partial charge in [0.05, 0.1) is 10.5 Å². The number of H-pyrrole nitrogens is 1. The quantitative estimate of drug-likeness (QED) is 0.0910. The number of unbranched alkanes of at least 4 members (excludes halogenated alkanes) is 2. The summed E-state index contributed by atoms with van der Waals surface area (Å²) >= 11 is 1.86. The van der Waals surface area contributed by atoms with Crippen molar-refractivity contribution in [3.63, 3.8) is 0 Å². The number of likely N-dealkylation sites (tertiary alicyclic amines) is 1. The first-order chi connectivity index (χ1) is 24.6. The zero-order valence-corrected chi connectivity index (χ0v) is 33.3. The molecule has 0 spiro atoms. The van der Waals surface area contributed by atoms with Crippen molar-refractivity contribution in [2.45, 2.75) is 135 Å². The van der Waals surface area contributed by atoms with Crippen LogP contribution in [0.2, 0.25) is 0 Å². The molecule has 5 rings (SSSR count). The SMILES string of the molecule is CC(C)(C)Cc1c(SC(C)(C)C)[nH]c2c(CN3CC[C@@H](CCC(=O)CCCCCNC(=O)C4CCC(CN5C(=O)C=CC5=O)CC4)C3)c(O)ccc12. The average molecular weight is 735 g/mol. The number of benzene rings is 1. The molecule has 10 heteroatoms. The lowest BCUT2D eigenvalue weighted by Crippen LogP contribution is -2.38. The second-order valence-electron chi connectivity index (χ2n) is 17.8. The van der Waals surface area contributed by atoms with Gasteiger partial charge in [0.15, 0.2) is 0 Å². The van der Waals surface area contributed by atoms with E-state index < -0.39 is 0 Å². The maximum Gasteiger partial charge on any atom is 0.253 e. The summed E-state index contributed by atoms with van der Waals surface area (Å²) in [5.74, 6) is 1.06. The van der Waals surface area contributed by atoms with E-state index in [2.05, 4.69) is 62.8 Å². The van der Waals surface area contributed by atoms with E-state index in [1.54, 1.807) is 0 Å². The molecule has 3 heterocycles. The number of thioether (sulfide) groups is 1. The summed E-state index contributed by atoms with van der Waals surface area (Å²) < 4.78 is 0.0655. The summed E-state index contributed by atoms with van der Waals surface area (Å²) in [6.07, 6.45) is 12.7. The minimum Gasteiger partial charge on any atom is -0.508 e. The summed E-state index contributed by atoms with van der Waals surface area (Å²) in [7, 11) is 0. The summed E-state index contributed by atoms with van der Waals surface area (Å²) in [6.45, 7) is 17.2. The Morgan fingerprint density at radius 1 is 0.904 bits per heavy atom. The molecular weight excluding hydrogens is 673 g/mol. The van der Waals surface area contributed by atoms with Crippen molar-refractivity contribution in [1.29, 1.82) is 0 Å². The molecule has 3 N–H and O–H groups in total. The van der Waals surface area contributed by atoms with Crippen molar-refractivity contribution in [1.82, 2.24) is 20.1 Å². The fourth-order valence-electron chi connectivity index (χ4n) is 8.06. The van der Waals surface area contributed by atoms with Crippen LogP contribution in [0.25, 0.3) is 10.9 Å². The van der Waals surface area contributed by atoms with Crippen LogP contribution in [0.1, 0.15) is 123 Å². The number of phenolic OH excluding ortho intramolecular Hbond substituents is 1. The Balaban J connectivity index is 0.980. The number of rotatable bonds is 16. The molecule has 1 aromatic heterocycles. The number of Topliss-reactive ketones (excluding diaryl/α,β-unsaturated/α-hetero) is 1. The highest BCUT2D eigenvalue weighted by Crippen LogP contribution is 2.42. The Morgan fingerprint density at radius 3 is 2.29 bits per heavy atom. The van der Waals surface area contributed by atoms with Crippen LogP contribution in [0, 0.1) is 23.2 Å². The predicted octanol–water partition coefficient (Wildman–Crippen LogP) is 7.93. The lowest BCUT2D eigenvalue weighted by molar-refractivity contribution is -0.138. The van der Waals surface area contributed by atoms with Crippen molar-refractivity contribution in [3.8, 4) is 5.75 Å². The molecular formula is C42H62N4O5S. The van der Waals surface area contributed by atoms with Crippen LogP contribution in [0.5, 0.6) is 5.75 Å². The summed E-state index contributed by atoms with van der Waals surface area (Å²) in [5, 5.41) is 16.5. The number of aromatic nitrogens is 1. The highest BCUT2D eigenvalue weighted by Gasteiger charge is 2.32. The standard InChI is InChI=1S/C42H62N4O5S/c1-41(2,3)24-33-32-17-18-35(48)34(38(32)44-40(33)52-42(4,5)6)27-45-23-21-29(25-45)13-16-31(47)10-8-7-9-22-43-39(51)30-14-11-28(12-15-30)26-46-36(49)19-20-37(46)50/h17-20,28-30,44,48H,7-16,21-27H2,1-6H3,(H,43,51)/t28?,29-,30?/m1/s1. The number of hydrogen-bond acceptors (Lipinski definition) is 7. The van der Waals surface area contributed by atoms with Crippen LogP contribution in [0.15, 0.2) is 29.3 Å². The van der Waals surface area contributed by atoms with Crippen molar-refractivity contribution < 1.29 is 24.3 Å². The number of aromatic amines is 1. The Kier molecular flexibility index (Phi) is 13.4. The largest absolute Gasteiger partial charge is 0.508 e. The molecule has 3 amide bonds. The molecule has 0 bridgehead atoms. The monoisotopic (exact) mass is 734 g/mol. The average Bonchev–Trinajstić information content (AvgIpc) is 3.75. The first-order valence-electron chi connectivity index (χ1n) is 19.7. The van der Waals surface area contributed by atoms with Gasteiger partial charge in [-0.15, -0.1) is 11.8 Å². The number of fused-ring (bicyclic) bond motifs is 1. The molecule has 1 atom stereocenters. The molecule has 1 saturated carbocycles. The number of aromatic hydroxyl groups is 1. The third-order valence-corrected chi connectivity index (χ3v) is 12.0. The van der Waals surface area contributed by atoms with Crippen molar-refractivity contribution in [2.75, 3.05) is 26.2 Å². The normalized spacial score (nSPS) is 21.5. The van der Waals surface area contributed by atoms with Gasteiger partial charge in [-0.1, -0.05) is 48.0 Å². The minimum absolute atomic E-state index is 0.00279. The Morgan fingerprint density at radius 2 is 1.62 bits per heavy atom. The van der Waals surface area contributed by atoms with Crippen LogP contribution >= 0.6 is 11.8 Å². The number of phenols is 1. The Bertz CT molecular complexity index is 1610. The van der Waals surface area contributed by atoms with Crippen LogP contribution < -0.4 is 5.32 Å². The van der Waals surface area contributed by atoms with E-state index >= 15 is 0 Å². The van der Waals surface area contributed by atoms with Gasteiger partial charge in [0.25, 0.3) is 11.8 Å². The Labute approximate surface area is 315 Å². The van der Waals surface area contributed by atoms with Gasteiger partial charge >= 0.3 is 0 Å². The molecule has 1 saturated heterocycles. The van der Waals surface area contributed by atoms with Gasteiger partial charge in [-0.05, 0) is 99.3 Å².